The standard InChI is InChI=1S/C11H13NO5/c1-2-17-11(16)12-9(10(14)15)7-3-5-8(13)6-4-7/h3-6,9,13H,2H2,1H3,(H,12,16)(H,14,15). The highest BCUT2D eigenvalue weighted by Gasteiger charge is 2.22. The number of ether oxygens (including phenoxy) is 1. The summed E-state index contributed by atoms with van der Waals surface area (Å²) in [6.07, 6.45) is -0.798. The van der Waals surface area contributed by atoms with Crippen LogP contribution in [-0.4, -0.2) is 28.9 Å². The lowest BCUT2D eigenvalue weighted by Gasteiger charge is -2.14. The number of alkyl carbamates (subject to hydrolysis) is 1. The number of hydrogen-bond acceptors (Lipinski definition) is 4. The van der Waals surface area contributed by atoms with Crippen LogP contribution in [0, 0.1) is 0 Å². The molecule has 1 aromatic rings. The zero-order chi connectivity index (χ0) is 12.8. The van der Waals surface area contributed by atoms with E-state index in [0.29, 0.717) is 5.56 Å². The fourth-order valence-corrected chi connectivity index (χ4v) is 1.25. The molecule has 3 N–H and O–H groups in total. The van der Waals surface area contributed by atoms with Crippen molar-refractivity contribution in [2.24, 2.45) is 0 Å². The van der Waals surface area contributed by atoms with Gasteiger partial charge in [-0.05, 0) is 24.6 Å². The van der Waals surface area contributed by atoms with Crippen molar-refractivity contribution in [3.8, 4) is 5.75 Å². The Bertz CT molecular complexity index is 401. The SMILES string of the molecule is CCOC(=O)NC(C(=O)O)c1ccc(O)cc1. The second kappa shape index (κ2) is 5.74. The van der Waals surface area contributed by atoms with Crippen LogP contribution >= 0.6 is 0 Å². The summed E-state index contributed by atoms with van der Waals surface area (Å²) < 4.78 is 4.60. The van der Waals surface area contributed by atoms with Gasteiger partial charge < -0.3 is 20.3 Å². The number of carboxylic acids is 1. The van der Waals surface area contributed by atoms with Crippen LogP contribution in [0.1, 0.15) is 18.5 Å². The zero-order valence-electron chi connectivity index (χ0n) is 9.21. The van der Waals surface area contributed by atoms with Gasteiger partial charge in [0.25, 0.3) is 0 Å². The predicted octanol–water partition coefficient (Wildman–Crippen LogP) is 1.26. The molecule has 0 radical (unpaired) electrons. The van der Waals surface area contributed by atoms with E-state index in [1.54, 1.807) is 6.92 Å². The molecule has 6 heteroatoms. The molecule has 0 saturated heterocycles. The number of nitrogens with one attached hydrogen (secondary N) is 1. The van der Waals surface area contributed by atoms with Crippen LogP contribution in [0.3, 0.4) is 0 Å². The van der Waals surface area contributed by atoms with Gasteiger partial charge in [-0.2, -0.15) is 0 Å². The molecule has 0 bridgehead atoms. The second-order valence-electron chi connectivity index (χ2n) is 3.23. The first-order chi connectivity index (χ1) is 8.04. The maximum atomic E-state index is 11.2. The van der Waals surface area contributed by atoms with Gasteiger partial charge in [-0.15, -0.1) is 0 Å². The van der Waals surface area contributed by atoms with Crippen LogP contribution in [-0.2, 0) is 9.53 Å². The van der Waals surface area contributed by atoms with Crippen molar-refractivity contribution < 1.29 is 24.5 Å². The second-order valence-corrected chi connectivity index (χ2v) is 3.23. The lowest BCUT2D eigenvalue weighted by molar-refractivity contribution is -0.139. The van der Waals surface area contributed by atoms with Crippen LogP contribution in [0.15, 0.2) is 24.3 Å². The molecule has 1 unspecified atom stereocenters. The minimum atomic E-state index is -1.20. The van der Waals surface area contributed by atoms with E-state index >= 15 is 0 Å². The van der Waals surface area contributed by atoms with Crippen molar-refractivity contribution in [2.45, 2.75) is 13.0 Å². The topological polar surface area (TPSA) is 95.9 Å². The molecular weight excluding hydrogens is 226 g/mol. The number of phenols is 1. The molecule has 0 aliphatic heterocycles. The molecule has 1 atom stereocenters. The highest BCUT2D eigenvalue weighted by molar-refractivity contribution is 5.81. The van der Waals surface area contributed by atoms with Crippen molar-refractivity contribution in [2.75, 3.05) is 6.61 Å². The quantitative estimate of drug-likeness (QED) is 0.735. The van der Waals surface area contributed by atoms with E-state index in [-0.39, 0.29) is 12.4 Å². The first-order valence-corrected chi connectivity index (χ1v) is 4.99. The number of hydrogen-bond donors (Lipinski definition) is 3. The van der Waals surface area contributed by atoms with Gasteiger partial charge in [-0.25, -0.2) is 9.59 Å². The third kappa shape index (κ3) is 3.67. The molecule has 0 heterocycles. The number of phenolic OH excluding ortho intramolecular Hbond substituents is 1. The minimum Gasteiger partial charge on any atom is -0.508 e. The van der Waals surface area contributed by atoms with Gasteiger partial charge in [0.1, 0.15) is 5.75 Å². The van der Waals surface area contributed by atoms with Crippen molar-refractivity contribution >= 4 is 12.1 Å². The van der Waals surface area contributed by atoms with E-state index in [1.165, 1.54) is 24.3 Å². The van der Waals surface area contributed by atoms with Crippen LogP contribution < -0.4 is 5.32 Å². The van der Waals surface area contributed by atoms with Gasteiger partial charge in [0.15, 0.2) is 6.04 Å². The number of benzene rings is 1. The van der Waals surface area contributed by atoms with E-state index in [1.807, 2.05) is 0 Å². The summed E-state index contributed by atoms with van der Waals surface area (Å²) in [6.45, 7) is 1.78. The summed E-state index contributed by atoms with van der Waals surface area (Å²) >= 11 is 0. The number of carboxylic acid groups (broad SMARTS) is 1. The van der Waals surface area contributed by atoms with E-state index in [9.17, 15) is 9.59 Å². The van der Waals surface area contributed by atoms with Crippen molar-refractivity contribution in [1.29, 1.82) is 0 Å². The van der Waals surface area contributed by atoms with E-state index < -0.39 is 18.1 Å². The third-order valence-corrected chi connectivity index (χ3v) is 2.01. The third-order valence-electron chi connectivity index (χ3n) is 2.01. The van der Waals surface area contributed by atoms with Crippen molar-refractivity contribution in [3.63, 3.8) is 0 Å². The molecule has 92 valence electrons. The fraction of sp³-hybridized carbons (Fsp3) is 0.273. The van der Waals surface area contributed by atoms with Crippen LogP contribution in [0.5, 0.6) is 5.75 Å². The van der Waals surface area contributed by atoms with E-state index in [2.05, 4.69) is 10.1 Å². The lowest BCUT2D eigenvalue weighted by atomic mass is 10.1. The molecule has 0 aromatic heterocycles. The molecule has 0 aliphatic carbocycles. The van der Waals surface area contributed by atoms with Crippen molar-refractivity contribution in [1.82, 2.24) is 5.32 Å². The Morgan fingerprint density at radius 1 is 1.35 bits per heavy atom. The van der Waals surface area contributed by atoms with Crippen molar-refractivity contribution in [3.05, 3.63) is 29.8 Å². The number of carbonyl (C=O) groups is 2. The largest absolute Gasteiger partial charge is 0.508 e. The Labute approximate surface area is 97.8 Å². The molecule has 1 amide bonds. The molecule has 1 rings (SSSR count). The minimum absolute atomic E-state index is 0.0222. The predicted molar refractivity (Wildman–Crippen MR) is 58.6 cm³/mol. The average Bonchev–Trinajstić information content (AvgIpc) is 2.27. The Hall–Kier alpha value is -2.24. The highest BCUT2D eigenvalue weighted by Crippen LogP contribution is 2.17. The molecule has 0 aliphatic rings. The van der Waals surface area contributed by atoms with Crippen LogP contribution in [0.4, 0.5) is 4.79 Å². The number of aliphatic carboxylic acids is 1. The van der Waals surface area contributed by atoms with Crippen LogP contribution in [0.2, 0.25) is 0 Å². The van der Waals surface area contributed by atoms with Gasteiger partial charge in [0, 0.05) is 0 Å². The number of aromatic hydroxyl groups is 1. The summed E-state index contributed by atoms with van der Waals surface area (Å²) in [5.41, 5.74) is 0.350. The van der Waals surface area contributed by atoms with Gasteiger partial charge in [-0.3, -0.25) is 0 Å². The normalized spacial score (nSPS) is 11.6. The monoisotopic (exact) mass is 239 g/mol. The Morgan fingerprint density at radius 3 is 2.41 bits per heavy atom. The molecule has 17 heavy (non-hydrogen) atoms. The summed E-state index contributed by atoms with van der Waals surface area (Å²) in [5.74, 6) is -1.18. The first kappa shape index (κ1) is 12.8. The summed E-state index contributed by atoms with van der Waals surface area (Å²) in [4.78, 5) is 22.1. The molecule has 1 aromatic carbocycles. The maximum absolute atomic E-state index is 11.2. The molecular formula is C11H13NO5. The zero-order valence-corrected chi connectivity index (χ0v) is 9.21. The van der Waals surface area contributed by atoms with Gasteiger partial charge in [0.2, 0.25) is 0 Å². The van der Waals surface area contributed by atoms with Gasteiger partial charge in [-0.1, -0.05) is 12.1 Å². The molecule has 6 nitrogen and oxygen atoms in total. The smallest absolute Gasteiger partial charge is 0.408 e. The lowest BCUT2D eigenvalue weighted by Crippen LogP contribution is -2.34. The number of carbonyl (C=O) groups excluding carboxylic acids is 1. The Kier molecular flexibility index (Phi) is 4.33. The highest BCUT2D eigenvalue weighted by atomic mass is 16.5. The molecule has 0 saturated carbocycles. The fourth-order valence-electron chi connectivity index (χ4n) is 1.25. The Morgan fingerprint density at radius 2 is 1.94 bits per heavy atom. The van der Waals surface area contributed by atoms with Gasteiger partial charge in [0.05, 0.1) is 6.61 Å². The number of rotatable bonds is 4. The summed E-state index contributed by atoms with van der Waals surface area (Å²) in [5, 5.41) is 20.3. The summed E-state index contributed by atoms with van der Waals surface area (Å²) in [7, 11) is 0. The van der Waals surface area contributed by atoms with E-state index in [0.717, 1.165) is 0 Å². The molecule has 0 fully saturated rings. The maximum Gasteiger partial charge on any atom is 0.408 e. The first-order valence-electron chi connectivity index (χ1n) is 4.99. The molecule has 0 spiro atoms. The Balaban J connectivity index is 2.82. The van der Waals surface area contributed by atoms with Crippen LogP contribution in [0.25, 0.3) is 0 Å². The van der Waals surface area contributed by atoms with Gasteiger partial charge >= 0.3 is 12.1 Å². The summed E-state index contributed by atoms with van der Waals surface area (Å²) in [6, 6.07) is 4.33. The average molecular weight is 239 g/mol. The van der Waals surface area contributed by atoms with E-state index in [4.69, 9.17) is 10.2 Å². The number of amides is 1.